The van der Waals surface area contributed by atoms with Crippen LogP contribution in [0.25, 0.3) is 0 Å². The van der Waals surface area contributed by atoms with Crippen molar-refractivity contribution in [1.82, 2.24) is 0 Å². The largest absolute Gasteiger partial charge is 0.303 e. The molecule has 0 aliphatic carbocycles. The molecule has 0 rings (SSSR count). The number of hydrogen-bond donors (Lipinski definition) is 1. The second-order valence-electron chi connectivity index (χ2n) is 1.38. The second-order valence-corrected chi connectivity index (χ2v) is 1.83. The zero-order chi connectivity index (χ0) is 6.41. The summed E-state index contributed by atoms with van der Waals surface area (Å²) in [4.78, 5) is 20.0. The van der Waals surface area contributed by atoms with Crippen LogP contribution in [0.3, 0.4) is 0 Å². The normalized spacial score (nSPS) is 8.62. The van der Waals surface area contributed by atoms with Crippen molar-refractivity contribution in [3.05, 3.63) is 0 Å². The average Bonchev–Trinajstić information content (AvgIpc) is 1.68. The van der Waals surface area contributed by atoms with Crippen LogP contribution in [0.4, 0.5) is 0 Å². The number of ketones is 1. The summed E-state index contributed by atoms with van der Waals surface area (Å²) in [6, 6.07) is 0. The lowest BCUT2D eigenvalue weighted by molar-refractivity contribution is -0.121. The minimum Gasteiger partial charge on any atom is -0.303 e. The molecule has 0 amide bonds. The van der Waals surface area contributed by atoms with Gasteiger partial charge in [-0.2, -0.15) is 12.6 Å². The van der Waals surface area contributed by atoms with Gasteiger partial charge in [-0.1, -0.05) is 0 Å². The Kier molecular flexibility index (Phi) is 4.65. The fraction of sp³-hybridized carbons (Fsp3) is 0.600. The first kappa shape index (κ1) is 7.69. The summed E-state index contributed by atoms with van der Waals surface area (Å²) in [6.45, 7) is 0. The average molecular weight is 132 g/mol. The maximum absolute atomic E-state index is 10.4. The third-order valence-corrected chi connectivity index (χ3v) is 0.925. The van der Waals surface area contributed by atoms with Crippen molar-refractivity contribution in [1.29, 1.82) is 0 Å². The number of thiol groups is 1. The van der Waals surface area contributed by atoms with E-state index in [2.05, 4.69) is 12.6 Å². The fourth-order valence-corrected chi connectivity index (χ4v) is 0.569. The van der Waals surface area contributed by atoms with Crippen molar-refractivity contribution in [3.63, 3.8) is 0 Å². The molecule has 0 fully saturated rings. The molecule has 3 heteroatoms. The van der Waals surface area contributed by atoms with E-state index in [9.17, 15) is 9.59 Å². The third kappa shape index (κ3) is 3.87. The molecule has 0 aromatic carbocycles. The first-order valence-corrected chi connectivity index (χ1v) is 3.00. The summed E-state index contributed by atoms with van der Waals surface area (Å²) in [5.41, 5.74) is 0. The van der Waals surface area contributed by atoms with E-state index in [0.29, 0.717) is 18.5 Å². The number of aldehydes is 1. The van der Waals surface area contributed by atoms with Crippen LogP contribution >= 0.6 is 12.6 Å². The van der Waals surface area contributed by atoms with Crippen LogP contribution in [0.5, 0.6) is 0 Å². The van der Waals surface area contributed by atoms with E-state index in [0.717, 1.165) is 0 Å². The standard InChI is InChI=1S/C5H8O2S/c6-3-1-5(7)2-4-8/h3,8H,1-2,4H2. The van der Waals surface area contributed by atoms with Crippen LogP contribution in [-0.2, 0) is 9.59 Å². The summed E-state index contributed by atoms with van der Waals surface area (Å²) in [6.07, 6.45) is 1.06. The van der Waals surface area contributed by atoms with E-state index < -0.39 is 0 Å². The van der Waals surface area contributed by atoms with Gasteiger partial charge in [-0.05, 0) is 5.75 Å². The van der Waals surface area contributed by atoms with Crippen LogP contribution in [0.2, 0.25) is 0 Å². The van der Waals surface area contributed by atoms with Crippen molar-refractivity contribution < 1.29 is 9.59 Å². The first-order chi connectivity index (χ1) is 3.81. The summed E-state index contributed by atoms with van der Waals surface area (Å²) in [5, 5.41) is 0. The maximum Gasteiger partial charge on any atom is 0.140 e. The van der Waals surface area contributed by atoms with E-state index in [1.54, 1.807) is 0 Å². The van der Waals surface area contributed by atoms with Crippen LogP contribution in [0.15, 0.2) is 0 Å². The van der Waals surface area contributed by atoms with Gasteiger partial charge in [-0.3, -0.25) is 4.79 Å². The summed E-state index contributed by atoms with van der Waals surface area (Å²) in [7, 11) is 0. The van der Waals surface area contributed by atoms with Gasteiger partial charge in [-0.15, -0.1) is 0 Å². The minimum atomic E-state index is -0.0324. The summed E-state index contributed by atoms with van der Waals surface area (Å²) >= 11 is 3.82. The van der Waals surface area contributed by atoms with Crippen molar-refractivity contribution in [2.45, 2.75) is 12.8 Å². The highest BCUT2D eigenvalue weighted by molar-refractivity contribution is 7.80. The molecular weight excluding hydrogens is 124 g/mol. The van der Waals surface area contributed by atoms with Crippen LogP contribution in [0, 0.1) is 0 Å². The molecule has 0 aliphatic rings. The smallest absolute Gasteiger partial charge is 0.140 e. The molecule has 46 valence electrons. The van der Waals surface area contributed by atoms with Gasteiger partial charge in [0.2, 0.25) is 0 Å². The van der Waals surface area contributed by atoms with Crippen molar-refractivity contribution >= 4 is 24.7 Å². The molecule has 0 radical (unpaired) electrons. The maximum atomic E-state index is 10.4. The number of carbonyl (C=O) groups is 2. The number of Topliss-reactive ketones (excluding diaryl/α,β-unsaturated/α-hetero) is 1. The highest BCUT2D eigenvalue weighted by atomic mass is 32.1. The van der Waals surface area contributed by atoms with Crippen LogP contribution in [-0.4, -0.2) is 17.8 Å². The predicted octanol–water partition coefficient (Wildman–Crippen LogP) is 0.464. The SMILES string of the molecule is O=CCC(=O)CCS. The lowest BCUT2D eigenvalue weighted by Gasteiger charge is -1.86. The molecule has 0 bridgehead atoms. The molecule has 0 atom stereocenters. The van der Waals surface area contributed by atoms with Gasteiger partial charge in [0, 0.05) is 6.42 Å². The fourth-order valence-electron chi connectivity index (χ4n) is 0.320. The summed E-state index contributed by atoms with van der Waals surface area (Å²) in [5.74, 6) is 0.502. The monoisotopic (exact) mass is 132 g/mol. The van der Waals surface area contributed by atoms with Crippen molar-refractivity contribution in [2.24, 2.45) is 0 Å². The Hall–Kier alpha value is -0.310. The molecule has 0 aromatic heterocycles. The molecule has 0 aliphatic heterocycles. The highest BCUT2D eigenvalue weighted by Crippen LogP contribution is 1.88. The van der Waals surface area contributed by atoms with Gasteiger partial charge >= 0.3 is 0 Å². The van der Waals surface area contributed by atoms with Gasteiger partial charge < -0.3 is 4.79 Å². The van der Waals surface area contributed by atoms with Crippen LogP contribution < -0.4 is 0 Å². The molecule has 0 heterocycles. The Morgan fingerprint density at radius 3 is 2.62 bits per heavy atom. The Morgan fingerprint density at radius 2 is 2.25 bits per heavy atom. The third-order valence-electron chi connectivity index (χ3n) is 0.702. The molecule has 2 nitrogen and oxygen atoms in total. The predicted molar refractivity (Wildman–Crippen MR) is 34.2 cm³/mol. The quantitative estimate of drug-likeness (QED) is 0.342. The van der Waals surface area contributed by atoms with Gasteiger partial charge in [-0.25, -0.2) is 0 Å². The van der Waals surface area contributed by atoms with Gasteiger partial charge in [0.05, 0.1) is 6.42 Å². The lowest BCUT2D eigenvalue weighted by Crippen LogP contribution is -1.97. The van der Waals surface area contributed by atoms with E-state index >= 15 is 0 Å². The second kappa shape index (κ2) is 4.84. The Labute approximate surface area is 53.7 Å². The Balaban J connectivity index is 3.18. The lowest BCUT2D eigenvalue weighted by atomic mass is 10.2. The molecule has 8 heavy (non-hydrogen) atoms. The molecular formula is C5H8O2S. The van der Waals surface area contributed by atoms with Gasteiger partial charge in [0.15, 0.2) is 0 Å². The van der Waals surface area contributed by atoms with E-state index in [-0.39, 0.29) is 12.2 Å². The molecule has 0 aromatic rings. The number of carbonyl (C=O) groups excluding carboxylic acids is 2. The highest BCUT2D eigenvalue weighted by Gasteiger charge is 1.95. The Morgan fingerprint density at radius 1 is 1.62 bits per heavy atom. The van der Waals surface area contributed by atoms with Crippen molar-refractivity contribution in [3.8, 4) is 0 Å². The zero-order valence-corrected chi connectivity index (χ0v) is 5.36. The molecule has 0 unspecified atom stereocenters. The number of rotatable bonds is 4. The molecule has 0 N–H and O–H groups in total. The zero-order valence-electron chi connectivity index (χ0n) is 4.46. The minimum absolute atomic E-state index is 0.0324. The van der Waals surface area contributed by atoms with Crippen molar-refractivity contribution in [2.75, 3.05) is 5.75 Å². The number of hydrogen-bond acceptors (Lipinski definition) is 3. The van der Waals surface area contributed by atoms with Gasteiger partial charge in [0.25, 0.3) is 0 Å². The molecule has 0 saturated carbocycles. The van der Waals surface area contributed by atoms with E-state index in [4.69, 9.17) is 0 Å². The first-order valence-electron chi connectivity index (χ1n) is 2.37. The van der Waals surface area contributed by atoms with Crippen LogP contribution in [0.1, 0.15) is 12.8 Å². The summed E-state index contributed by atoms with van der Waals surface area (Å²) < 4.78 is 0. The van der Waals surface area contributed by atoms with Gasteiger partial charge in [0.1, 0.15) is 12.1 Å². The Bertz CT molecular complexity index is 90.4. The molecule has 0 saturated heterocycles. The van der Waals surface area contributed by atoms with E-state index in [1.165, 1.54) is 0 Å². The van der Waals surface area contributed by atoms with E-state index in [1.807, 2.05) is 0 Å². The topological polar surface area (TPSA) is 34.1 Å². The molecule has 0 spiro atoms.